The molecule has 0 atom stereocenters. The highest BCUT2D eigenvalue weighted by Crippen LogP contribution is 2.41. The summed E-state index contributed by atoms with van der Waals surface area (Å²) in [5.74, 6) is 0. The summed E-state index contributed by atoms with van der Waals surface area (Å²) >= 11 is 0. The second kappa shape index (κ2) is 58.5. The molecule has 0 spiro atoms. The van der Waals surface area contributed by atoms with Crippen LogP contribution in [0.25, 0.3) is 66.1 Å². The van der Waals surface area contributed by atoms with Crippen molar-refractivity contribution in [1.29, 1.82) is 0 Å². The molecule has 0 N–H and O–H groups in total. The predicted octanol–water partition coefficient (Wildman–Crippen LogP) is 33.8. The normalized spacial score (nSPS) is 9.77. The molecule has 0 saturated heterocycles. The molecule has 13 aromatic carbocycles. The van der Waals surface area contributed by atoms with Gasteiger partial charge >= 0.3 is 0 Å². The molecule has 0 unspecified atom stereocenters. The van der Waals surface area contributed by atoms with Crippen molar-refractivity contribution >= 4 is 21.5 Å². The average molecular weight is 1430 g/mol. The Balaban J connectivity index is 0.00000118. The Morgan fingerprint density at radius 1 is 0.168 bits per heavy atom. The van der Waals surface area contributed by atoms with Crippen LogP contribution in [-0.4, -0.2) is 0 Å². The predicted molar refractivity (Wildman–Crippen MR) is 491 cm³/mol. The first-order valence-corrected chi connectivity index (χ1v) is 41.1. The number of fused-ring (bicyclic) bond motifs is 14. The quantitative estimate of drug-likeness (QED) is 0.142. The summed E-state index contributed by atoms with van der Waals surface area (Å²) < 4.78 is 0. The molecule has 4 aliphatic rings. The highest BCUT2D eigenvalue weighted by Gasteiger charge is 2.21. The van der Waals surface area contributed by atoms with E-state index >= 15 is 0 Å². The van der Waals surface area contributed by atoms with Gasteiger partial charge in [0, 0.05) is 0 Å². The topological polar surface area (TPSA) is 0 Å². The van der Waals surface area contributed by atoms with Gasteiger partial charge in [0.15, 0.2) is 0 Å². The Labute approximate surface area is 656 Å². The molecule has 0 aliphatic heterocycles. The fraction of sp³-hybridized carbons (Fsp3) is 0.308. The summed E-state index contributed by atoms with van der Waals surface area (Å²) in [5.41, 5.74) is 32.8. The summed E-state index contributed by atoms with van der Waals surface area (Å²) in [4.78, 5) is 0. The molecular weight excluding hydrogens is 1290 g/mol. The van der Waals surface area contributed by atoms with Gasteiger partial charge in [0.1, 0.15) is 0 Å². The van der Waals surface area contributed by atoms with Crippen molar-refractivity contribution in [2.24, 2.45) is 0 Å². The Morgan fingerprint density at radius 2 is 0.505 bits per heavy atom. The zero-order valence-corrected chi connectivity index (χ0v) is 72.5. The molecule has 0 fully saturated rings. The summed E-state index contributed by atoms with van der Waals surface area (Å²) in [6, 6.07) is 101. The van der Waals surface area contributed by atoms with E-state index in [0.717, 1.165) is 25.7 Å². The zero-order chi connectivity index (χ0) is 80.7. The van der Waals surface area contributed by atoms with Gasteiger partial charge in [0.25, 0.3) is 0 Å². The standard InChI is InChI=1S/4C14H12.2C11H10.C7H8.11C2H6/c1-10-5-4-7-12-9-11-6-2-3-8-13(11)14(10)12;1-10-5-4-8-13-12-7-3-2-6-11(12)9-14(10)13;1-10-6-7-14-12(8-10)9-11-4-2-3-5-13(11)14;1-10-6-7-12-9-11-4-2-3-5-13(11)14(12)8-10;1-9-5-4-7-10-6-2-3-8-11(9)10;1-9-6-7-10-4-2-3-5-11(10)8-9;1-7-5-3-2-4-6-7;11*1-2/h4*2-8H,9H2,1H3;2*2-8H,1H3;2-6H,1H3;11*1-2H3. The molecule has 13 aromatic rings. The van der Waals surface area contributed by atoms with Crippen LogP contribution in [0.3, 0.4) is 0 Å². The lowest BCUT2D eigenvalue weighted by atomic mass is 10.0. The highest BCUT2D eigenvalue weighted by molar-refractivity contribution is 5.86. The van der Waals surface area contributed by atoms with Crippen LogP contribution in [0.2, 0.25) is 0 Å². The largest absolute Gasteiger partial charge is 0.0683 e. The van der Waals surface area contributed by atoms with Gasteiger partial charge in [-0.15, -0.1) is 0 Å². The first-order valence-electron chi connectivity index (χ1n) is 41.1. The van der Waals surface area contributed by atoms with E-state index in [0.29, 0.717) is 0 Å². The lowest BCUT2D eigenvalue weighted by Gasteiger charge is -2.03. The van der Waals surface area contributed by atoms with Crippen molar-refractivity contribution in [3.05, 3.63) is 369 Å². The van der Waals surface area contributed by atoms with Crippen molar-refractivity contribution in [2.45, 2.75) is 226 Å². The van der Waals surface area contributed by atoms with Gasteiger partial charge in [-0.2, -0.15) is 0 Å². The van der Waals surface area contributed by atoms with Crippen LogP contribution in [0.15, 0.2) is 285 Å². The summed E-state index contributed by atoms with van der Waals surface area (Å²) in [6.07, 6.45) is 4.42. The Hall–Kier alpha value is -9.62. The zero-order valence-electron chi connectivity index (χ0n) is 72.5. The highest BCUT2D eigenvalue weighted by atomic mass is 14.2. The van der Waals surface area contributed by atoms with E-state index in [4.69, 9.17) is 0 Å². The molecule has 0 heteroatoms. The number of aryl methyl sites for hydroxylation is 7. The Bertz CT molecular complexity index is 4420. The van der Waals surface area contributed by atoms with E-state index < -0.39 is 0 Å². The van der Waals surface area contributed by atoms with Crippen LogP contribution >= 0.6 is 0 Å². The Morgan fingerprint density at radius 3 is 1.06 bits per heavy atom. The molecule has 17 rings (SSSR count). The summed E-state index contributed by atoms with van der Waals surface area (Å²) in [7, 11) is 0. The molecule has 570 valence electrons. The van der Waals surface area contributed by atoms with Crippen LogP contribution in [0.1, 0.15) is 236 Å². The maximum Gasteiger partial charge on any atom is -0.00108 e. The molecule has 0 amide bonds. The van der Waals surface area contributed by atoms with Gasteiger partial charge in [-0.25, -0.2) is 0 Å². The minimum absolute atomic E-state index is 1.10. The molecule has 0 heterocycles. The second-order valence-corrected chi connectivity index (χ2v) is 23.2. The number of benzene rings is 13. The molecule has 0 aromatic heterocycles. The molecule has 0 radical (unpaired) electrons. The number of hydrogen-bond acceptors (Lipinski definition) is 0. The average Bonchev–Trinajstić information content (AvgIpc) is 1.65. The fourth-order valence-corrected chi connectivity index (χ4v) is 12.4. The van der Waals surface area contributed by atoms with Crippen LogP contribution in [0.5, 0.6) is 0 Å². The van der Waals surface area contributed by atoms with E-state index in [1.807, 2.05) is 171 Å². The van der Waals surface area contributed by atoms with Crippen LogP contribution in [-0.2, 0) is 25.7 Å². The van der Waals surface area contributed by atoms with Crippen molar-refractivity contribution in [3.8, 4) is 44.5 Å². The number of hydrogen-bond donors (Lipinski definition) is 0. The van der Waals surface area contributed by atoms with Gasteiger partial charge < -0.3 is 0 Å². The first-order chi connectivity index (χ1) is 52.5. The lowest BCUT2D eigenvalue weighted by molar-refractivity contribution is 1.22. The fourth-order valence-electron chi connectivity index (χ4n) is 12.4. The summed E-state index contributed by atoms with van der Waals surface area (Å²) in [6.45, 7) is 59.0. The van der Waals surface area contributed by atoms with Crippen LogP contribution < -0.4 is 0 Å². The van der Waals surface area contributed by atoms with Crippen molar-refractivity contribution in [3.63, 3.8) is 0 Å². The van der Waals surface area contributed by atoms with E-state index in [9.17, 15) is 0 Å². The van der Waals surface area contributed by atoms with E-state index in [-0.39, 0.29) is 0 Å². The summed E-state index contributed by atoms with van der Waals surface area (Å²) in [5, 5.41) is 5.33. The van der Waals surface area contributed by atoms with Gasteiger partial charge in [-0.05, 0) is 201 Å². The number of rotatable bonds is 0. The minimum atomic E-state index is 1.10. The third-order valence-electron chi connectivity index (χ3n) is 16.9. The van der Waals surface area contributed by atoms with E-state index in [2.05, 4.69) is 315 Å². The van der Waals surface area contributed by atoms with Crippen LogP contribution in [0, 0.1) is 48.5 Å². The molecule has 4 aliphatic carbocycles. The van der Waals surface area contributed by atoms with Crippen molar-refractivity contribution < 1.29 is 0 Å². The minimum Gasteiger partial charge on any atom is -0.0683 e. The monoisotopic (exact) mass is 1430 g/mol. The van der Waals surface area contributed by atoms with E-state index in [1.54, 1.807) is 0 Å². The van der Waals surface area contributed by atoms with Crippen LogP contribution in [0.4, 0.5) is 0 Å². The van der Waals surface area contributed by atoms with Gasteiger partial charge in [-0.1, -0.05) is 460 Å². The van der Waals surface area contributed by atoms with Gasteiger partial charge in [-0.3, -0.25) is 0 Å². The van der Waals surface area contributed by atoms with Gasteiger partial charge in [0.05, 0.1) is 0 Å². The Kier molecular flexibility index (Phi) is 53.3. The maximum absolute atomic E-state index is 2.30. The molecule has 107 heavy (non-hydrogen) atoms. The maximum atomic E-state index is 2.30. The smallest absolute Gasteiger partial charge is 0.00108 e. The molecule has 0 bridgehead atoms. The third-order valence-corrected chi connectivity index (χ3v) is 16.9. The lowest BCUT2D eigenvalue weighted by Crippen LogP contribution is -1.84. The van der Waals surface area contributed by atoms with E-state index in [1.165, 1.54) is 150 Å². The second-order valence-electron chi connectivity index (χ2n) is 23.2. The third kappa shape index (κ3) is 29.9. The molecular formula is C107H142. The SMILES string of the molecule is CC.CC.CC.CC.CC.CC.CC.CC.CC.CC.CC.Cc1ccc2c(c1)-c1ccccc1C2.Cc1ccc2c(c1)Cc1ccccc1-2.Cc1ccc2ccccc2c1.Cc1cccc2c1-c1ccccc1C2.Cc1cccc2c1Cc1ccccc1-2.Cc1cccc2ccccc12.Cc1ccccc1. The molecule has 0 saturated carbocycles. The first kappa shape index (κ1) is 97.4. The van der Waals surface area contributed by atoms with Crippen molar-refractivity contribution in [1.82, 2.24) is 0 Å². The van der Waals surface area contributed by atoms with Crippen molar-refractivity contribution in [2.75, 3.05) is 0 Å². The van der Waals surface area contributed by atoms with Gasteiger partial charge in [0.2, 0.25) is 0 Å². The molecule has 0 nitrogen and oxygen atoms in total.